The van der Waals surface area contributed by atoms with Crippen molar-refractivity contribution in [3.8, 4) is 6.07 Å². The molecule has 1 aliphatic heterocycles. The van der Waals surface area contributed by atoms with Crippen LogP contribution in [0.15, 0.2) is 30.3 Å². The van der Waals surface area contributed by atoms with Gasteiger partial charge in [-0.25, -0.2) is 0 Å². The molecule has 3 rings (SSSR count). The first-order chi connectivity index (χ1) is 12.1. The number of amides is 1. The molecule has 1 saturated heterocycles. The topological polar surface area (TPSA) is 65.4 Å². The Hall–Kier alpha value is -1.90. The fourth-order valence-corrected chi connectivity index (χ4v) is 3.52. The van der Waals surface area contributed by atoms with E-state index in [4.69, 9.17) is 4.74 Å². The Bertz CT molecular complexity index is 618. The minimum absolute atomic E-state index is 0.0788. The van der Waals surface area contributed by atoms with E-state index in [1.165, 1.54) is 5.56 Å². The predicted octanol–water partition coefficient (Wildman–Crippen LogP) is 2.48. The van der Waals surface area contributed by atoms with Crippen molar-refractivity contribution in [2.75, 3.05) is 19.7 Å². The van der Waals surface area contributed by atoms with Crippen molar-refractivity contribution < 1.29 is 9.53 Å². The monoisotopic (exact) mass is 341 g/mol. The maximum atomic E-state index is 12.6. The van der Waals surface area contributed by atoms with Gasteiger partial charge in [-0.15, -0.1) is 0 Å². The molecule has 2 fully saturated rings. The van der Waals surface area contributed by atoms with Crippen molar-refractivity contribution >= 4 is 5.91 Å². The van der Waals surface area contributed by atoms with Crippen LogP contribution in [0.3, 0.4) is 0 Å². The Morgan fingerprint density at radius 2 is 2.12 bits per heavy atom. The van der Waals surface area contributed by atoms with Gasteiger partial charge in [0, 0.05) is 19.7 Å². The van der Waals surface area contributed by atoms with E-state index in [0.717, 1.165) is 38.8 Å². The molecular formula is C20H27N3O2. The fourth-order valence-electron chi connectivity index (χ4n) is 3.52. The lowest BCUT2D eigenvalue weighted by molar-refractivity contribution is -0.124. The summed E-state index contributed by atoms with van der Waals surface area (Å²) >= 11 is 0. The van der Waals surface area contributed by atoms with Crippen LogP contribution in [-0.4, -0.2) is 42.1 Å². The number of benzene rings is 1. The molecule has 0 radical (unpaired) electrons. The Kier molecular flexibility index (Phi) is 5.72. The molecule has 0 bridgehead atoms. The van der Waals surface area contributed by atoms with Crippen LogP contribution in [0.1, 0.15) is 38.2 Å². The third-order valence-corrected chi connectivity index (χ3v) is 5.13. The minimum atomic E-state index is -0.737. The number of carbonyl (C=O) groups excluding carboxylic acids is 1. The van der Waals surface area contributed by atoms with Gasteiger partial charge >= 0.3 is 0 Å². The number of hydrogen-bond donors (Lipinski definition) is 1. The normalized spacial score (nSPS) is 22.4. The van der Waals surface area contributed by atoms with Crippen LogP contribution in [0.4, 0.5) is 0 Å². The first-order valence-corrected chi connectivity index (χ1v) is 9.19. The highest BCUT2D eigenvalue weighted by Gasteiger charge is 2.43. The molecule has 2 aliphatic rings. The first-order valence-electron chi connectivity index (χ1n) is 9.19. The molecule has 2 unspecified atom stereocenters. The molecule has 134 valence electrons. The minimum Gasteiger partial charge on any atom is -0.377 e. The van der Waals surface area contributed by atoms with Crippen molar-refractivity contribution in [2.45, 2.75) is 50.8 Å². The molecule has 1 aromatic carbocycles. The van der Waals surface area contributed by atoms with Crippen molar-refractivity contribution in [2.24, 2.45) is 5.92 Å². The smallest absolute Gasteiger partial charge is 0.235 e. The molecular weight excluding hydrogens is 314 g/mol. The average molecular weight is 341 g/mol. The van der Waals surface area contributed by atoms with Crippen LogP contribution >= 0.6 is 0 Å². The molecule has 1 aromatic rings. The predicted molar refractivity (Wildman–Crippen MR) is 95.6 cm³/mol. The van der Waals surface area contributed by atoms with E-state index >= 15 is 0 Å². The van der Waals surface area contributed by atoms with E-state index in [-0.39, 0.29) is 12.0 Å². The molecule has 5 heteroatoms. The zero-order chi connectivity index (χ0) is 17.7. The van der Waals surface area contributed by atoms with Crippen LogP contribution in [0.2, 0.25) is 0 Å². The van der Waals surface area contributed by atoms with E-state index in [2.05, 4.69) is 28.4 Å². The second-order valence-electron chi connectivity index (χ2n) is 7.43. The summed E-state index contributed by atoms with van der Waals surface area (Å²) < 4.78 is 5.75. The van der Waals surface area contributed by atoms with Gasteiger partial charge < -0.3 is 10.1 Å². The van der Waals surface area contributed by atoms with Gasteiger partial charge in [0.2, 0.25) is 5.91 Å². The van der Waals surface area contributed by atoms with Crippen LogP contribution in [0, 0.1) is 17.2 Å². The number of hydrogen-bond acceptors (Lipinski definition) is 4. The summed E-state index contributed by atoms with van der Waals surface area (Å²) in [6, 6.07) is 12.5. The molecule has 25 heavy (non-hydrogen) atoms. The second-order valence-corrected chi connectivity index (χ2v) is 7.43. The van der Waals surface area contributed by atoms with E-state index in [1.54, 1.807) is 0 Å². The van der Waals surface area contributed by atoms with E-state index in [1.807, 2.05) is 25.1 Å². The van der Waals surface area contributed by atoms with Gasteiger partial charge in [-0.05, 0) is 44.1 Å². The zero-order valence-corrected chi connectivity index (χ0v) is 14.9. The Balaban J connectivity index is 1.61. The Morgan fingerprint density at radius 3 is 2.72 bits per heavy atom. The SMILES string of the molecule is CC(C#N)(NC(=O)CN(Cc1ccccc1)CC1CCCO1)C1CC1. The number of nitrogens with one attached hydrogen (secondary N) is 1. The third kappa shape index (κ3) is 5.04. The summed E-state index contributed by atoms with van der Waals surface area (Å²) in [6.07, 6.45) is 4.37. The van der Waals surface area contributed by atoms with Gasteiger partial charge in [-0.3, -0.25) is 9.69 Å². The molecule has 5 nitrogen and oxygen atoms in total. The summed E-state index contributed by atoms with van der Waals surface area (Å²) in [5, 5.41) is 12.4. The lowest BCUT2D eigenvalue weighted by atomic mass is 9.98. The van der Waals surface area contributed by atoms with Crippen molar-refractivity contribution in [3.05, 3.63) is 35.9 Å². The molecule has 1 amide bonds. The summed E-state index contributed by atoms with van der Waals surface area (Å²) in [7, 11) is 0. The van der Waals surface area contributed by atoms with Gasteiger partial charge in [-0.2, -0.15) is 5.26 Å². The highest BCUT2D eigenvalue weighted by molar-refractivity contribution is 5.79. The quantitative estimate of drug-likeness (QED) is 0.789. The maximum absolute atomic E-state index is 12.6. The second kappa shape index (κ2) is 7.99. The van der Waals surface area contributed by atoms with Crippen LogP contribution in [0.25, 0.3) is 0 Å². The highest BCUT2D eigenvalue weighted by Crippen LogP contribution is 2.39. The number of carbonyl (C=O) groups is 1. The molecule has 1 aliphatic carbocycles. The average Bonchev–Trinajstić information content (AvgIpc) is 3.35. The van der Waals surface area contributed by atoms with Crippen molar-refractivity contribution in [1.82, 2.24) is 10.2 Å². The van der Waals surface area contributed by atoms with Crippen molar-refractivity contribution in [3.63, 3.8) is 0 Å². The van der Waals surface area contributed by atoms with Gasteiger partial charge in [0.1, 0.15) is 5.54 Å². The first kappa shape index (κ1) is 17.9. The number of nitriles is 1. The molecule has 0 aromatic heterocycles. The standard InChI is InChI=1S/C20H27N3O2/c1-20(15-21,17-9-10-17)22-19(24)14-23(13-18-8-5-11-25-18)12-16-6-3-2-4-7-16/h2-4,6-7,17-18H,5,8-14H2,1H3,(H,22,24). The zero-order valence-electron chi connectivity index (χ0n) is 14.9. The van der Waals surface area contributed by atoms with Gasteiger partial charge in [0.05, 0.1) is 18.7 Å². The van der Waals surface area contributed by atoms with Crippen molar-refractivity contribution in [1.29, 1.82) is 5.26 Å². The molecule has 1 saturated carbocycles. The number of nitrogens with zero attached hydrogens (tertiary/aromatic N) is 2. The van der Waals surface area contributed by atoms with E-state index < -0.39 is 5.54 Å². The lowest BCUT2D eigenvalue weighted by Gasteiger charge is -2.28. The summed E-state index contributed by atoms with van der Waals surface area (Å²) in [4.78, 5) is 14.7. The third-order valence-electron chi connectivity index (χ3n) is 5.13. The maximum Gasteiger partial charge on any atom is 0.235 e. The molecule has 0 spiro atoms. The van der Waals surface area contributed by atoms with Gasteiger partial charge in [0.25, 0.3) is 0 Å². The summed E-state index contributed by atoms with van der Waals surface area (Å²) in [5.74, 6) is 0.215. The summed E-state index contributed by atoms with van der Waals surface area (Å²) in [6.45, 7) is 4.39. The van der Waals surface area contributed by atoms with E-state index in [9.17, 15) is 10.1 Å². The van der Waals surface area contributed by atoms with Gasteiger partial charge in [-0.1, -0.05) is 30.3 Å². The Morgan fingerprint density at radius 1 is 1.36 bits per heavy atom. The van der Waals surface area contributed by atoms with E-state index in [0.29, 0.717) is 19.0 Å². The van der Waals surface area contributed by atoms with Crippen LogP contribution in [0.5, 0.6) is 0 Å². The fraction of sp³-hybridized carbons (Fsp3) is 0.600. The van der Waals surface area contributed by atoms with Crippen LogP contribution in [-0.2, 0) is 16.1 Å². The van der Waals surface area contributed by atoms with Gasteiger partial charge in [0.15, 0.2) is 0 Å². The number of rotatable bonds is 8. The molecule has 2 atom stereocenters. The molecule has 1 N–H and O–H groups in total. The molecule has 1 heterocycles. The number of ether oxygens (including phenoxy) is 1. The summed E-state index contributed by atoms with van der Waals surface area (Å²) in [5.41, 5.74) is 0.442. The largest absolute Gasteiger partial charge is 0.377 e. The lowest BCUT2D eigenvalue weighted by Crippen LogP contribution is -2.50. The highest BCUT2D eigenvalue weighted by atomic mass is 16.5. The Labute approximate surface area is 150 Å². The van der Waals surface area contributed by atoms with Crippen LogP contribution < -0.4 is 5.32 Å².